The van der Waals surface area contributed by atoms with Crippen molar-refractivity contribution >= 4 is 19.5 Å². The van der Waals surface area contributed by atoms with E-state index in [0.717, 1.165) is 51.4 Å². The highest BCUT2D eigenvalue weighted by atomic mass is 32.1. The normalized spacial score (nSPS) is 12.3. The van der Waals surface area contributed by atoms with Gasteiger partial charge in [0.1, 0.15) is 0 Å². The average Bonchev–Trinajstić information content (AvgIpc) is 2.45. The van der Waals surface area contributed by atoms with Crippen LogP contribution in [0.25, 0.3) is 0 Å². The molecule has 1 atom stereocenters. The van der Waals surface area contributed by atoms with Crippen LogP contribution in [0.15, 0.2) is 12.2 Å². The zero-order chi connectivity index (χ0) is 15.8. The van der Waals surface area contributed by atoms with E-state index in [4.69, 9.17) is 5.11 Å². The number of hydrogen-bond donors (Lipinski definition) is 2. The predicted molar refractivity (Wildman–Crippen MR) is 98.9 cm³/mol. The molecular weight excluding hydrogens is 296 g/mol. The summed E-state index contributed by atoms with van der Waals surface area (Å²) in [5.74, 6) is -0.689. The number of aliphatic hydroxyl groups is 1. The summed E-state index contributed by atoms with van der Waals surface area (Å²) in [6.07, 6.45) is 17.4. The smallest absolute Gasteiger partial charge is 0.303 e. The van der Waals surface area contributed by atoms with Gasteiger partial charge >= 0.3 is 5.97 Å². The zero-order valence-electron chi connectivity index (χ0n) is 14.2. The Kier molecular flexibility index (Phi) is 20.1. The molecule has 3 nitrogen and oxygen atoms in total. The lowest BCUT2D eigenvalue weighted by Gasteiger charge is -2.07. The third-order valence-corrected chi connectivity index (χ3v) is 3.73. The van der Waals surface area contributed by atoms with Gasteiger partial charge in [0.25, 0.3) is 0 Å². The van der Waals surface area contributed by atoms with Crippen LogP contribution < -0.4 is 0 Å². The molecule has 0 aliphatic carbocycles. The maximum Gasteiger partial charge on any atom is 0.303 e. The predicted octanol–water partition coefficient (Wildman–Crippen LogP) is 5.19. The van der Waals surface area contributed by atoms with Gasteiger partial charge in [-0.2, -0.15) is 13.5 Å². The van der Waals surface area contributed by atoms with Crippen LogP contribution in [-0.4, -0.2) is 22.3 Å². The largest absolute Gasteiger partial charge is 0.481 e. The van der Waals surface area contributed by atoms with Gasteiger partial charge < -0.3 is 10.2 Å². The molecule has 0 bridgehead atoms. The molecule has 0 aromatic heterocycles. The fourth-order valence-corrected chi connectivity index (χ4v) is 2.36. The molecule has 0 saturated carbocycles. The molecule has 132 valence electrons. The van der Waals surface area contributed by atoms with E-state index in [1.165, 1.54) is 25.7 Å². The first-order chi connectivity index (χ1) is 10.2. The van der Waals surface area contributed by atoms with Gasteiger partial charge in [-0.25, -0.2) is 0 Å². The van der Waals surface area contributed by atoms with Gasteiger partial charge in [-0.05, 0) is 32.1 Å². The number of carboxylic acid groups (broad SMARTS) is 1. The van der Waals surface area contributed by atoms with Crippen molar-refractivity contribution in [1.29, 1.82) is 0 Å². The molecule has 0 amide bonds. The van der Waals surface area contributed by atoms with E-state index >= 15 is 0 Å². The van der Waals surface area contributed by atoms with E-state index in [-0.39, 0.29) is 19.6 Å². The van der Waals surface area contributed by atoms with Gasteiger partial charge in [-0.3, -0.25) is 4.79 Å². The number of unbranched alkanes of at least 4 members (excludes halogenated alkanes) is 8. The quantitative estimate of drug-likeness (QED) is 0.320. The topological polar surface area (TPSA) is 57.5 Å². The number of hydrogen-bond acceptors (Lipinski definition) is 2. The van der Waals surface area contributed by atoms with Gasteiger partial charge in [0, 0.05) is 6.42 Å². The van der Waals surface area contributed by atoms with E-state index < -0.39 is 5.97 Å². The summed E-state index contributed by atoms with van der Waals surface area (Å²) < 4.78 is 0. The van der Waals surface area contributed by atoms with Crippen LogP contribution in [0.4, 0.5) is 0 Å². The van der Waals surface area contributed by atoms with Gasteiger partial charge in [0.2, 0.25) is 0 Å². The second-order valence-electron chi connectivity index (χ2n) is 5.91. The van der Waals surface area contributed by atoms with E-state index in [9.17, 15) is 9.90 Å². The Balaban J connectivity index is 0. The maximum absolute atomic E-state index is 10.3. The van der Waals surface area contributed by atoms with Crippen LogP contribution in [0, 0.1) is 0 Å². The monoisotopic (exact) mass is 332 g/mol. The van der Waals surface area contributed by atoms with Crippen molar-refractivity contribution in [3.8, 4) is 0 Å². The molecule has 1 unspecified atom stereocenters. The third-order valence-electron chi connectivity index (χ3n) is 3.73. The summed E-state index contributed by atoms with van der Waals surface area (Å²) >= 11 is 0. The Bertz CT molecular complexity index is 267. The Morgan fingerprint density at radius 3 is 2.27 bits per heavy atom. The lowest BCUT2D eigenvalue weighted by Crippen LogP contribution is -2.04. The van der Waals surface area contributed by atoms with E-state index in [1.807, 2.05) is 0 Å². The summed E-state index contributed by atoms with van der Waals surface area (Å²) in [4.78, 5) is 10.3. The summed E-state index contributed by atoms with van der Waals surface area (Å²) in [6, 6.07) is 0. The molecule has 0 aromatic carbocycles. The molecule has 2 N–H and O–H groups in total. The summed E-state index contributed by atoms with van der Waals surface area (Å²) in [6.45, 7) is 2.20. The Labute approximate surface area is 143 Å². The highest BCUT2D eigenvalue weighted by molar-refractivity contribution is 7.59. The van der Waals surface area contributed by atoms with Crippen LogP contribution in [0.1, 0.15) is 90.4 Å². The van der Waals surface area contributed by atoms with Crippen LogP contribution in [0.2, 0.25) is 0 Å². The molecule has 0 fully saturated rings. The van der Waals surface area contributed by atoms with Crippen molar-refractivity contribution in [3.05, 3.63) is 12.2 Å². The molecule has 0 saturated heterocycles. The van der Waals surface area contributed by atoms with Crippen molar-refractivity contribution in [2.75, 3.05) is 0 Å². The Morgan fingerprint density at radius 1 is 0.955 bits per heavy atom. The number of carboxylic acids is 1. The minimum absolute atomic E-state index is 0. The van der Waals surface area contributed by atoms with Crippen molar-refractivity contribution in [1.82, 2.24) is 0 Å². The lowest BCUT2D eigenvalue weighted by molar-refractivity contribution is -0.137. The van der Waals surface area contributed by atoms with E-state index in [0.29, 0.717) is 6.42 Å². The number of carbonyl (C=O) groups is 1. The van der Waals surface area contributed by atoms with Crippen LogP contribution in [-0.2, 0) is 4.79 Å². The van der Waals surface area contributed by atoms with Crippen molar-refractivity contribution in [3.63, 3.8) is 0 Å². The molecule has 0 aliphatic heterocycles. The minimum atomic E-state index is -0.689. The fourth-order valence-electron chi connectivity index (χ4n) is 2.36. The molecule has 0 radical (unpaired) electrons. The second-order valence-corrected chi connectivity index (χ2v) is 5.91. The van der Waals surface area contributed by atoms with Crippen molar-refractivity contribution in [2.24, 2.45) is 0 Å². The van der Waals surface area contributed by atoms with Crippen LogP contribution >= 0.6 is 13.5 Å². The van der Waals surface area contributed by atoms with Gasteiger partial charge in [-0.15, -0.1) is 0 Å². The second kappa shape index (κ2) is 18.6. The first kappa shape index (κ1) is 23.8. The molecule has 0 rings (SSSR count). The standard InChI is InChI=1S/C18H34O3.H2S/c1-2-3-4-11-14-17(19)15-12-9-7-5-6-8-10-13-16-18(20)21;/h9,12,17,19H,2-8,10-11,13-16H2,1H3,(H,20,21);1H2/b12-9-;. The zero-order valence-corrected chi connectivity index (χ0v) is 15.2. The Morgan fingerprint density at radius 2 is 1.59 bits per heavy atom. The molecule has 0 heterocycles. The summed E-state index contributed by atoms with van der Waals surface area (Å²) in [5, 5.41) is 18.3. The third kappa shape index (κ3) is 19.5. The fraction of sp³-hybridized carbons (Fsp3) is 0.833. The first-order valence-corrected chi connectivity index (χ1v) is 8.71. The van der Waals surface area contributed by atoms with E-state index in [2.05, 4.69) is 19.1 Å². The van der Waals surface area contributed by atoms with Gasteiger partial charge in [-0.1, -0.05) is 64.0 Å². The number of aliphatic hydroxyl groups excluding tert-OH is 1. The SMILES string of the molecule is CCCCCCC(O)C/C=C\CCCCCCCC(=O)O.S. The van der Waals surface area contributed by atoms with Crippen LogP contribution in [0.5, 0.6) is 0 Å². The molecule has 0 aromatic rings. The highest BCUT2D eigenvalue weighted by Gasteiger charge is 2.00. The highest BCUT2D eigenvalue weighted by Crippen LogP contribution is 2.10. The van der Waals surface area contributed by atoms with Gasteiger partial charge in [0.15, 0.2) is 0 Å². The van der Waals surface area contributed by atoms with Crippen molar-refractivity contribution < 1.29 is 15.0 Å². The number of allylic oxidation sites excluding steroid dienone is 1. The summed E-state index contributed by atoms with van der Waals surface area (Å²) in [7, 11) is 0. The molecule has 22 heavy (non-hydrogen) atoms. The summed E-state index contributed by atoms with van der Waals surface area (Å²) in [5.41, 5.74) is 0. The number of rotatable bonds is 15. The van der Waals surface area contributed by atoms with Gasteiger partial charge in [0.05, 0.1) is 6.10 Å². The number of aliphatic carboxylic acids is 1. The Hall–Kier alpha value is -0.480. The van der Waals surface area contributed by atoms with E-state index in [1.54, 1.807) is 0 Å². The van der Waals surface area contributed by atoms with Crippen molar-refractivity contribution in [2.45, 2.75) is 96.5 Å². The maximum atomic E-state index is 10.3. The average molecular weight is 333 g/mol. The van der Waals surface area contributed by atoms with Crippen LogP contribution in [0.3, 0.4) is 0 Å². The molecule has 0 spiro atoms. The first-order valence-electron chi connectivity index (χ1n) is 8.71. The molecular formula is C18H36O3S. The molecule has 4 heteroatoms. The minimum Gasteiger partial charge on any atom is -0.481 e. The lowest BCUT2D eigenvalue weighted by atomic mass is 10.1. The molecule has 0 aliphatic rings.